The fourth-order valence-electron chi connectivity index (χ4n) is 2.97. The van der Waals surface area contributed by atoms with Crippen LogP contribution in [0.25, 0.3) is 0 Å². The van der Waals surface area contributed by atoms with Crippen LogP contribution in [0.1, 0.15) is 11.1 Å². The number of hydrogen-bond donors (Lipinski definition) is 0. The SMILES string of the molecule is Cc1ccc(Cl)cc1N1CCN(S(=O)(=O)c2cccc(C#N)c2)CC1. The Balaban J connectivity index is 1.77. The lowest BCUT2D eigenvalue weighted by Gasteiger charge is -2.36. The van der Waals surface area contributed by atoms with Gasteiger partial charge in [-0.3, -0.25) is 0 Å². The fraction of sp³-hybridized carbons (Fsp3) is 0.278. The first kappa shape index (κ1) is 17.7. The van der Waals surface area contributed by atoms with E-state index in [-0.39, 0.29) is 4.90 Å². The summed E-state index contributed by atoms with van der Waals surface area (Å²) in [4.78, 5) is 2.32. The van der Waals surface area contributed by atoms with Crippen LogP contribution in [0.3, 0.4) is 0 Å². The number of aryl methyl sites for hydroxylation is 1. The van der Waals surface area contributed by atoms with E-state index in [9.17, 15) is 8.42 Å². The van der Waals surface area contributed by atoms with Crippen LogP contribution >= 0.6 is 11.6 Å². The Morgan fingerprint density at radius 2 is 1.80 bits per heavy atom. The summed E-state index contributed by atoms with van der Waals surface area (Å²) in [5.41, 5.74) is 2.49. The first-order valence-corrected chi connectivity index (χ1v) is 9.75. The lowest BCUT2D eigenvalue weighted by Crippen LogP contribution is -2.48. The van der Waals surface area contributed by atoms with Gasteiger partial charge in [-0.2, -0.15) is 9.57 Å². The lowest BCUT2D eigenvalue weighted by molar-refractivity contribution is 0.384. The average Bonchev–Trinajstić information content (AvgIpc) is 2.64. The van der Waals surface area contributed by atoms with Crippen molar-refractivity contribution in [3.8, 4) is 6.07 Å². The van der Waals surface area contributed by atoms with Crippen molar-refractivity contribution in [3.05, 3.63) is 58.6 Å². The smallest absolute Gasteiger partial charge is 0.243 e. The Kier molecular flexibility index (Phi) is 5.00. The molecule has 1 aliphatic rings. The maximum absolute atomic E-state index is 12.8. The van der Waals surface area contributed by atoms with Gasteiger partial charge in [-0.05, 0) is 42.8 Å². The standard InChI is InChI=1S/C18H18ClN3O2S/c1-14-5-6-16(19)12-18(14)21-7-9-22(10-8-21)25(23,24)17-4-2-3-15(11-17)13-20/h2-6,11-12H,7-10H2,1H3. The second kappa shape index (κ2) is 7.04. The quantitative estimate of drug-likeness (QED) is 0.827. The molecule has 5 nitrogen and oxygen atoms in total. The van der Waals surface area contributed by atoms with E-state index in [1.54, 1.807) is 12.1 Å². The molecule has 1 saturated heterocycles. The summed E-state index contributed by atoms with van der Waals surface area (Å²) in [6.07, 6.45) is 0. The molecule has 130 valence electrons. The van der Waals surface area contributed by atoms with E-state index in [1.165, 1.54) is 16.4 Å². The summed E-state index contributed by atoms with van der Waals surface area (Å²) in [7, 11) is -3.59. The normalized spacial score (nSPS) is 15.8. The molecule has 0 unspecified atom stereocenters. The van der Waals surface area contributed by atoms with Crippen LogP contribution in [0, 0.1) is 18.3 Å². The predicted molar refractivity (Wildman–Crippen MR) is 98.3 cm³/mol. The minimum Gasteiger partial charge on any atom is -0.369 e. The molecule has 0 aromatic heterocycles. The van der Waals surface area contributed by atoms with Gasteiger partial charge in [0.05, 0.1) is 16.5 Å². The number of benzene rings is 2. The highest BCUT2D eigenvalue weighted by Gasteiger charge is 2.29. The molecule has 0 aliphatic carbocycles. The first-order valence-electron chi connectivity index (χ1n) is 7.93. The van der Waals surface area contributed by atoms with Crippen LogP contribution in [0.5, 0.6) is 0 Å². The Hall–Kier alpha value is -2.07. The Bertz CT molecular complexity index is 930. The van der Waals surface area contributed by atoms with Crippen LogP contribution in [0.2, 0.25) is 5.02 Å². The van der Waals surface area contributed by atoms with Gasteiger partial charge in [0.15, 0.2) is 0 Å². The van der Waals surface area contributed by atoms with Crippen molar-refractivity contribution in [2.24, 2.45) is 0 Å². The summed E-state index contributed by atoms with van der Waals surface area (Å²) in [5.74, 6) is 0. The summed E-state index contributed by atoms with van der Waals surface area (Å²) in [6, 6.07) is 13.9. The summed E-state index contributed by atoms with van der Waals surface area (Å²) >= 11 is 6.09. The molecule has 1 aliphatic heterocycles. The van der Waals surface area contributed by atoms with Gasteiger partial charge in [0.1, 0.15) is 0 Å². The van der Waals surface area contributed by atoms with Gasteiger partial charge < -0.3 is 4.90 Å². The maximum atomic E-state index is 12.8. The molecular weight excluding hydrogens is 358 g/mol. The molecule has 3 rings (SSSR count). The lowest BCUT2D eigenvalue weighted by atomic mass is 10.1. The number of piperazine rings is 1. The molecule has 0 radical (unpaired) electrons. The Morgan fingerprint density at radius 1 is 1.08 bits per heavy atom. The van der Waals surface area contributed by atoms with Crippen molar-refractivity contribution >= 4 is 27.3 Å². The van der Waals surface area contributed by atoms with Crippen LogP contribution in [0.4, 0.5) is 5.69 Å². The van der Waals surface area contributed by atoms with Crippen LogP contribution in [0.15, 0.2) is 47.4 Å². The highest BCUT2D eigenvalue weighted by atomic mass is 35.5. The second-order valence-corrected chi connectivity index (χ2v) is 8.34. The van der Waals surface area contributed by atoms with E-state index >= 15 is 0 Å². The Morgan fingerprint density at radius 3 is 2.48 bits per heavy atom. The minimum atomic E-state index is -3.59. The Labute approximate surface area is 153 Å². The number of rotatable bonds is 3. The first-order chi connectivity index (χ1) is 11.9. The van der Waals surface area contributed by atoms with Gasteiger partial charge in [-0.25, -0.2) is 8.42 Å². The second-order valence-electron chi connectivity index (χ2n) is 5.96. The summed E-state index contributed by atoms with van der Waals surface area (Å²) in [5, 5.41) is 9.64. The molecule has 0 spiro atoms. The zero-order valence-electron chi connectivity index (χ0n) is 13.8. The molecule has 0 bridgehead atoms. The molecular formula is C18H18ClN3O2S. The van der Waals surface area contributed by atoms with Crippen molar-refractivity contribution in [1.82, 2.24) is 4.31 Å². The predicted octanol–water partition coefficient (Wildman–Crippen LogP) is 3.03. The summed E-state index contributed by atoms with van der Waals surface area (Å²) < 4.78 is 27.1. The van der Waals surface area contributed by atoms with E-state index < -0.39 is 10.0 Å². The highest BCUT2D eigenvalue weighted by Crippen LogP contribution is 2.26. The van der Waals surface area contributed by atoms with Crippen molar-refractivity contribution in [2.45, 2.75) is 11.8 Å². The number of anilines is 1. The average molecular weight is 376 g/mol. The molecule has 0 amide bonds. The fourth-order valence-corrected chi connectivity index (χ4v) is 4.60. The highest BCUT2D eigenvalue weighted by molar-refractivity contribution is 7.89. The zero-order chi connectivity index (χ0) is 18.0. The van der Waals surface area contributed by atoms with E-state index in [4.69, 9.17) is 16.9 Å². The van der Waals surface area contributed by atoms with E-state index in [0.29, 0.717) is 36.8 Å². The van der Waals surface area contributed by atoms with Crippen LogP contribution < -0.4 is 4.90 Å². The largest absolute Gasteiger partial charge is 0.369 e. The van der Waals surface area contributed by atoms with E-state index in [2.05, 4.69) is 4.90 Å². The molecule has 25 heavy (non-hydrogen) atoms. The van der Waals surface area contributed by atoms with Crippen molar-refractivity contribution in [3.63, 3.8) is 0 Å². The van der Waals surface area contributed by atoms with Crippen LogP contribution in [-0.4, -0.2) is 38.9 Å². The molecule has 1 fully saturated rings. The molecule has 0 N–H and O–H groups in total. The molecule has 7 heteroatoms. The van der Waals surface area contributed by atoms with Gasteiger partial charge in [0, 0.05) is 36.9 Å². The monoisotopic (exact) mass is 375 g/mol. The number of nitrogens with zero attached hydrogens (tertiary/aromatic N) is 3. The molecule has 2 aromatic rings. The third-order valence-electron chi connectivity index (χ3n) is 4.35. The van der Waals surface area contributed by atoms with Gasteiger partial charge in [-0.15, -0.1) is 0 Å². The molecule has 0 saturated carbocycles. The molecule has 2 aromatic carbocycles. The van der Waals surface area contributed by atoms with Gasteiger partial charge >= 0.3 is 0 Å². The summed E-state index contributed by atoms with van der Waals surface area (Å²) in [6.45, 7) is 4.00. The topological polar surface area (TPSA) is 64.4 Å². The van der Waals surface area contributed by atoms with Crippen molar-refractivity contribution in [2.75, 3.05) is 31.1 Å². The van der Waals surface area contributed by atoms with Gasteiger partial charge in [0.25, 0.3) is 0 Å². The van der Waals surface area contributed by atoms with Gasteiger partial charge in [-0.1, -0.05) is 23.7 Å². The molecule has 1 heterocycles. The zero-order valence-corrected chi connectivity index (χ0v) is 15.4. The van der Waals surface area contributed by atoms with E-state index in [1.807, 2.05) is 31.2 Å². The molecule has 0 atom stereocenters. The number of sulfonamides is 1. The number of nitriles is 1. The third kappa shape index (κ3) is 3.64. The van der Waals surface area contributed by atoms with Crippen LogP contribution in [-0.2, 0) is 10.0 Å². The maximum Gasteiger partial charge on any atom is 0.243 e. The minimum absolute atomic E-state index is 0.166. The third-order valence-corrected chi connectivity index (χ3v) is 6.48. The van der Waals surface area contributed by atoms with Crippen molar-refractivity contribution in [1.29, 1.82) is 5.26 Å². The van der Waals surface area contributed by atoms with Gasteiger partial charge in [0.2, 0.25) is 10.0 Å². The van der Waals surface area contributed by atoms with Crippen molar-refractivity contribution < 1.29 is 8.42 Å². The van der Waals surface area contributed by atoms with E-state index in [0.717, 1.165) is 11.3 Å². The number of hydrogen-bond acceptors (Lipinski definition) is 4. The number of halogens is 1.